The van der Waals surface area contributed by atoms with Gasteiger partial charge >= 0.3 is 5.97 Å². The van der Waals surface area contributed by atoms with E-state index in [0.717, 1.165) is 11.3 Å². The number of thiazole rings is 1. The van der Waals surface area contributed by atoms with E-state index in [0.29, 0.717) is 21.7 Å². The van der Waals surface area contributed by atoms with Crippen LogP contribution in [0.1, 0.15) is 20.0 Å². The van der Waals surface area contributed by atoms with Gasteiger partial charge < -0.3 is 4.74 Å². The third-order valence-electron chi connectivity index (χ3n) is 2.26. The van der Waals surface area contributed by atoms with Gasteiger partial charge in [0.05, 0.1) is 17.6 Å². The summed E-state index contributed by atoms with van der Waals surface area (Å²) in [7, 11) is 1.19. The Balaban J connectivity index is 2.39. The van der Waals surface area contributed by atoms with Crippen LogP contribution in [-0.2, 0) is 4.74 Å². The maximum absolute atomic E-state index is 13.7. The third-order valence-corrected chi connectivity index (χ3v) is 3.23. The number of benzene rings is 1. The first-order valence-corrected chi connectivity index (χ1v) is 5.76. The zero-order valence-corrected chi connectivity index (χ0v) is 10.2. The van der Waals surface area contributed by atoms with Crippen LogP contribution >= 0.6 is 11.3 Å². The van der Waals surface area contributed by atoms with Crippen LogP contribution in [0.15, 0.2) is 24.4 Å². The van der Waals surface area contributed by atoms with Crippen LogP contribution in [0.3, 0.4) is 0 Å². The molecule has 0 bridgehead atoms. The summed E-state index contributed by atoms with van der Waals surface area (Å²) in [6, 6.07) is 4.08. The Labute approximate surface area is 106 Å². The number of methoxy groups -OCH3 is 1. The van der Waals surface area contributed by atoms with Crippen LogP contribution < -0.4 is 0 Å². The number of aldehydes is 1. The number of carbonyl (C=O) groups is 2. The van der Waals surface area contributed by atoms with Crippen LogP contribution in [0.2, 0.25) is 0 Å². The zero-order chi connectivity index (χ0) is 13.1. The van der Waals surface area contributed by atoms with Crippen LogP contribution in [0.4, 0.5) is 4.39 Å². The topological polar surface area (TPSA) is 56.3 Å². The molecule has 4 nitrogen and oxygen atoms in total. The van der Waals surface area contributed by atoms with E-state index in [9.17, 15) is 14.0 Å². The Hall–Kier alpha value is -2.08. The van der Waals surface area contributed by atoms with E-state index >= 15 is 0 Å². The Kier molecular flexibility index (Phi) is 3.47. The Morgan fingerprint density at radius 2 is 2.28 bits per heavy atom. The molecule has 0 radical (unpaired) electrons. The molecule has 0 saturated heterocycles. The van der Waals surface area contributed by atoms with Crippen LogP contribution in [0, 0.1) is 5.82 Å². The van der Waals surface area contributed by atoms with Gasteiger partial charge in [0.2, 0.25) is 0 Å². The second-order valence-electron chi connectivity index (χ2n) is 3.37. The lowest BCUT2D eigenvalue weighted by Gasteiger charge is -2.02. The molecule has 6 heteroatoms. The summed E-state index contributed by atoms with van der Waals surface area (Å²) in [5, 5.41) is 0.521. The first kappa shape index (κ1) is 12.4. The molecular weight excluding hydrogens is 257 g/mol. The fourth-order valence-electron chi connectivity index (χ4n) is 1.40. The van der Waals surface area contributed by atoms with E-state index < -0.39 is 11.8 Å². The highest BCUT2D eigenvalue weighted by molar-refractivity contribution is 7.16. The Bertz CT molecular complexity index is 609. The van der Waals surface area contributed by atoms with Crippen molar-refractivity contribution in [1.82, 2.24) is 4.98 Å². The first-order chi connectivity index (χ1) is 8.65. The summed E-state index contributed by atoms with van der Waals surface area (Å²) in [4.78, 5) is 26.2. The van der Waals surface area contributed by atoms with E-state index in [1.54, 1.807) is 6.07 Å². The van der Waals surface area contributed by atoms with Gasteiger partial charge in [0.25, 0.3) is 0 Å². The number of ether oxygens (including phenoxy) is 1. The van der Waals surface area contributed by atoms with E-state index in [2.05, 4.69) is 9.72 Å². The summed E-state index contributed by atoms with van der Waals surface area (Å²) in [6.07, 6.45) is 2.10. The van der Waals surface area contributed by atoms with Crippen molar-refractivity contribution < 1.29 is 18.7 Å². The van der Waals surface area contributed by atoms with Gasteiger partial charge in [0.15, 0.2) is 6.29 Å². The molecule has 1 aromatic carbocycles. The number of rotatable bonds is 3. The predicted molar refractivity (Wildman–Crippen MR) is 64.2 cm³/mol. The molecule has 2 aromatic rings. The summed E-state index contributed by atoms with van der Waals surface area (Å²) in [5.74, 6) is -1.41. The van der Waals surface area contributed by atoms with Gasteiger partial charge in [0.1, 0.15) is 10.8 Å². The maximum Gasteiger partial charge on any atom is 0.340 e. The molecule has 0 spiro atoms. The molecule has 0 fully saturated rings. The van der Waals surface area contributed by atoms with Crippen LogP contribution in [0.5, 0.6) is 0 Å². The monoisotopic (exact) mass is 265 g/mol. The number of carbonyl (C=O) groups excluding carboxylic acids is 2. The minimum Gasteiger partial charge on any atom is -0.465 e. The number of halogens is 1. The van der Waals surface area contributed by atoms with Crippen LogP contribution in [-0.4, -0.2) is 24.3 Å². The molecule has 0 N–H and O–H groups in total. The van der Waals surface area contributed by atoms with Crippen molar-refractivity contribution in [2.24, 2.45) is 0 Å². The van der Waals surface area contributed by atoms with Crippen molar-refractivity contribution in [2.45, 2.75) is 0 Å². The average molecular weight is 265 g/mol. The second-order valence-corrected chi connectivity index (χ2v) is 4.43. The van der Waals surface area contributed by atoms with Crippen molar-refractivity contribution in [3.8, 4) is 10.6 Å². The summed E-state index contributed by atoms with van der Waals surface area (Å²) >= 11 is 1.15. The number of esters is 1. The molecule has 0 saturated carbocycles. The largest absolute Gasteiger partial charge is 0.465 e. The van der Waals surface area contributed by atoms with E-state index in [-0.39, 0.29) is 5.56 Å². The standard InChI is InChI=1S/C12H8FNO3S/c1-17-12(16)9-3-2-7(4-10(9)13)11-14-5-8(6-15)18-11/h2-6H,1H3. The van der Waals surface area contributed by atoms with Crippen molar-refractivity contribution in [3.05, 3.63) is 40.7 Å². The normalized spacial score (nSPS) is 10.1. The van der Waals surface area contributed by atoms with Crippen molar-refractivity contribution in [3.63, 3.8) is 0 Å². The minimum absolute atomic E-state index is 0.131. The molecule has 0 aliphatic heterocycles. The quantitative estimate of drug-likeness (QED) is 0.632. The van der Waals surface area contributed by atoms with Crippen molar-refractivity contribution in [2.75, 3.05) is 7.11 Å². The lowest BCUT2D eigenvalue weighted by molar-refractivity contribution is 0.0595. The number of aromatic nitrogens is 1. The molecule has 0 aliphatic carbocycles. The molecule has 0 amide bonds. The average Bonchev–Trinajstić information content (AvgIpc) is 2.86. The molecule has 1 aromatic heterocycles. The molecule has 92 valence electrons. The van der Waals surface area contributed by atoms with Gasteiger partial charge in [-0.05, 0) is 12.1 Å². The van der Waals surface area contributed by atoms with Gasteiger partial charge in [-0.15, -0.1) is 11.3 Å². The Morgan fingerprint density at radius 3 is 2.83 bits per heavy atom. The minimum atomic E-state index is -0.730. The molecule has 0 atom stereocenters. The molecule has 0 unspecified atom stereocenters. The highest BCUT2D eigenvalue weighted by Gasteiger charge is 2.14. The molecule has 18 heavy (non-hydrogen) atoms. The van der Waals surface area contributed by atoms with Gasteiger partial charge in [-0.2, -0.15) is 0 Å². The number of nitrogens with zero attached hydrogens (tertiary/aromatic N) is 1. The molecule has 2 rings (SSSR count). The lowest BCUT2D eigenvalue weighted by Crippen LogP contribution is -2.04. The molecule has 1 heterocycles. The SMILES string of the molecule is COC(=O)c1ccc(-c2ncc(C=O)s2)cc1F. The van der Waals surface area contributed by atoms with Gasteiger partial charge in [0, 0.05) is 11.8 Å². The smallest absolute Gasteiger partial charge is 0.340 e. The van der Waals surface area contributed by atoms with E-state index in [1.165, 1.54) is 25.4 Å². The highest BCUT2D eigenvalue weighted by atomic mass is 32.1. The van der Waals surface area contributed by atoms with Crippen molar-refractivity contribution >= 4 is 23.6 Å². The van der Waals surface area contributed by atoms with Gasteiger partial charge in [-0.25, -0.2) is 14.2 Å². The summed E-state index contributed by atoms with van der Waals surface area (Å²) in [5.41, 5.74) is 0.381. The van der Waals surface area contributed by atoms with Crippen molar-refractivity contribution in [1.29, 1.82) is 0 Å². The summed E-state index contributed by atoms with van der Waals surface area (Å²) < 4.78 is 18.1. The zero-order valence-electron chi connectivity index (χ0n) is 9.34. The van der Waals surface area contributed by atoms with E-state index in [1.807, 2.05) is 0 Å². The second kappa shape index (κ2) is 5.05. The van der Waals surface area contributed by atoms with Gasteiger partial charge in [-0.1, -0.05) is 6.07 Å². The van der Waals surface area contributed by atoms with E-state index in [4.69, 9.17) is 0 Å². The fourth-order valence-corrected chi connectivity index (χ4v) is 2.13. The summed E-state index contributed by atoms with van der Waals surface area (Å²) in [6.45, 7) is 0. The molecule has 0 aliphatic rings. The number of hydrogen-bond donors (Lipinski definition) is 0. The fraction of sp³-hybridized carbons (Fsp3) is 0.0833. The first-order valence-electron chi connectivity index (χ1n) is 4.95. The maximum atomic E-state index is 13.7. The molecular formula is C12H8FNO3S. The highest BCUT2D eigenvalue weighted by Crippen LogP contribution is 2.26. The third kappa shape index (κ3) is 2.28. The van der Waals surface area contributed by atoms with Crippen LogP contribution in [0.25, 0.3) is 10.6 Å². The predicted octanol–water partition coefficient (Wildman–Crippen LogP) is 2.55. The number of hydrogen-bond acceptors (Lipinski definition) is 5. The lowest BCUT2D eigenvalue weighted by atomic mass is 10.1. The van der Waals surface area contributed by atoms with Gasteiger partial charge in [-0.3, -0.25) is 4.79 Å². The Morgan fingerprint density at radius 1 is 1.50 bits per heavy atom.